The topological polar surface area (TPSA) is 52.3 Å². The van der Waals surface area contributed by atoms with E-state index in [0.717, 1.165) is 6.07 Å². The van der Waals surface area contributed by atoms with Crippen LogP contribution in [0.25, 0.3) is 0 Å². The van der Waals surface area contributed by atoms with E-state index in [0.29, 0.717) is 0 Å². The van der Waals surface area contributed by atoms with Crippen molar-refractivity contribution in [1.82, 2.24) is 0 Å². The van der Waals surface area contributed by atoms with Gasteiger partial charge in [-0.15, -0.1) is 0 Å². The van der Waals surface area contributed by atoms with E-state index in [4.69, 9.17) is 5.73 Å². The number of hydrogen-bond donors (Lipinski definition) is 1. The van der Waals surface area contributed by atoms with Gasteiger partial charge in [0.15, 0.2) is 0 Å². The highest BCUT2D eigenvalue weighted by molar-refractivity contribution is 9.10. The van der Waals surface area contributed by atoms with Crippen LogP contribution in [0.1, 0.15) is 12.5 Å². The van der Waals surface area contributed by atoms with Crippen LogP contribution < -0.4 is 5.73 Å². The molecular formula is C10H9BrF3NO2. The van der Waals surface area contributed by atoms with Gasteiger partial charge in [0.25, 0.3) is 0 Å². The van der Waals surface area contributed by atoms with Crippen molar-refractivity contribution in [3.05, 3.63) is 28.0 Å². The molecule has 1 aromatic rings. The number of esters is 1. The van der Waals surface area contributed by atoms with E-state index in [9.17, 15) is 18.0 Å². The summed E-state index contributed by atoms with van der Waals surface area (Å²) >= 11 is 2.74. The predicted octanol–water partition coefficient (Wildman–Crippen LogP) is 2.83. The SMILES string of the molecule is CCOC(=O)C(F)(F)c1c(N)ccc(Br)c1F. The summed E-state index contributed by atoms with van der Waals surface area (Å²) in [5.41, 5.74) is 3.58. The van der Waals surface area contributed by atoms with Crippen molar-refractivity contribution in [2.75, 3.05) is 12.3 Å². The van der Waals surface area contributed by atoms with Crippen molar-refractivity contribution in [2.45, 2.75) is 12.8 Å². The van der Waals surface area contributed by atoms with Gasteiger partial charge in [0, 0.05) is 5.69 Å². The number of halogens is 4. The standard InChI is InChI=1S/C10H9BrF3NO2/c1-2-17-9(16)10(13,14)7-6(15)4-3-5(11)8(7)12/h3-4H,2,15H2,1H3. The minimum atomic E-state index is -4.12. The molecule has 0 aliphatic rings. The lowest BCUT2D eigenvalue weighted by atomic mass is 10.1. The maximum atomic E-state index is 13.6. The molecule has 17 heavy (non-hydrogen) atoms. The van der Waals surface area contributed by atoms with Crippen LogP contribution in [0.15, 0.2) is 16.6 Å². The molecule has 0 saturated heterocycles. The highest BCUT2D eigenvalue weighted by Gasteiger charge is 2.47. The minimum absolute atomic E-state index is 0.203. The van der Waals surface area contributed by atoms with Gasteiger partial charge in [-0.2, -0.15) is 8.78 Å². The predicted molar refractivity (Wildman–Crippen MR) is 59.0 cm³/mol. The lowest BCUT2D eigenvalue weighted by Gasteiger charge is -2.17. The molecule has 0 aliphatic carbocycles. The van der Waals surface area contributed by atoms with E-state index < -0.39 is 29.0 Å². The van der Waals surface area contributed by atoms with Crippen molar-refractivity contribution in [1.29, 1.82) is 0 Å². The fraction of sp³-hybridized carbons (Fsp3) is 0.300. The highest BCUT2D eigenvalue weighted by Crippen LogP contribution is 2.37. The second-order valence-corrected chi connectivity index (χ2v) is 3.97. The number of rotatable bonds is 3. The van der Waals surface area contributed by atoms with Gasteiger partial charge in [-0.3, -0.25) is 0 Å². The molecule has 0 aromatic heterocycles. The number of benzene rings is 1. The van der Waals surface area contributed by atoms with E-state index in [1.54, 1.807) is 0 Å². The van der Waals surface area contributed by atoms with Gasteiger partial charge in [-0.25, -0.2) is 9.18 Å². The molecule has 0 radical (unpaired) electrons. The van der Waals surface area contributed by atoms with Crippen LogP contribution in [-0.2, 0) is 15.5 Å². The number of ether oxygens (including phenoxy) is 1. The molecule has 7 heteroatoms. The second kappa shape index (κ2) is 4.95. The maximum absolute atomic E-state index is 13.6. The summed E-state index contributed by atoms with van der Waals surface area (Å²) in [5.74, 6) is -7.22. The molecular weight excluding hydrogens is 303 g/mol. The Hall–Kier alpha value is -1.24. The van der Waals surface area contributed by atoms with Crippen LogP contribution in [-0.4, -0.2) is 12.6 Å². The average molecular weight is 312 g/mol. The largest absolute Gasteiger partial charge is 0.461 e. The third-order valence-electron chi connectivity index (χ3n) is 1.97. The first-order chi connectivity index (χ1) is 7.82. The van der Waals surface area contributed by atoms with Crippen molar-refractivity contribution in [3.63, 3.8) is 0 Å². The zero-order valence-electron chi connectivity index (χ0n) is 8.77. The van der Waals surface area contributed by atoms with Crippen LogP contribution in [0.3, 0.4) is 0 Å². The number of hydrogen-bond acceptors (Lipinski definition) is 3. The number of carbonyl (C=O) groups excluding carboxylic acids is 1. The maximum Gasteiger partial charge on any atom is 0.382 e. The Balaban J connectivity index is 3.32. The first-order valence-electron chi connectivity index (χ1n) is 4.61. The van der Waals surface area contributed by atoms with E-state index in [-0.39, 0.29) is 11.1 Å². The van der Waals surface area contributed by atoms with E-state index in [2.05, 4.69) is 20.7 Å². The van der Waals surface area contributed by atoms with Crippen LogP contribution in [0.2, 0.25) is 0 Å². The first-order valence-corrected chi connectivity index (χ1v) is 5.40. The Morgan fingerprint density at radius 2 is 2.12 bits per heavy atom. The molecule has 0 fully saturated rings. The monoisotopic (exact) mass is 311 g/mol. The number of alkyl halides is 2. The Kier molecular flexibility index (Phi) is 4.03. The van der Waals surface area contributed by atoms with Gasteiger partial charge in [0.1, 0.15) is 5.82 Å². The third kappa shape index (κ3) is 2.54. The minimum Gasteiger partial charge on any atom is -0.461 e. The molecule has 3 nitrogen and oxygen atoms in total. The molecule has 1 aromatic carbocycles. The molecule has 0 aliphatic heterocycles. The Labute approximate surface area is 104 Å². The Bertz CT molecular complexity index is 451. The lowest BCUT2D eigenvalue weighted by Crippen LogP contribution is -2.30. The van der Waals surface area contributed by atoms with Crippen molar-refractivity contribution in [2.24, 2.45) is 0 Å². The third-order valence-corrected chi connectivity index (χ3v) is 2.59. The molecule has 0 amide bonds. The summed E-state index contributed by atoms with van der Waals surface area (Å²) < 4.78 is 44.8. The van der Waals surface area contributed by atoms with Crippen LogP contribution in [0, 0.1) is 5.82 Å². The molecule has 0 spiro atoms. The summed E-state index contributed by atoms with van der Waals surface area (Å²) in [5, 5.41) is 0. The van der Waals surface area contributed by atoms with Gasteiger partial charge in [-0.05, 0) is 35.0 Å². The van der Waals surface area contributed by atoms with Gasteiger partial charge < -0.3 is 10.5 Å². The van der Waals surface area contributed by atoms with E-state index in [1.807, 2.05) is 0 Å². The van der Waals surface area contributed by atoms with E-state index >= 15 is 0 Å². The summed E-state index contributed by atoms with van der Waals surface area (Å²) in [6.07, 6.45) is 0. The zero-order chi connectivity index (χ0) is 13.2. The molecule has 0 unspecified atom stereocenters. The summed E-state index contributed by atoms with van der Waals surface area (Å²) in [7, 11) is 0. The van der Waals surface area contributed by atoms with Gasteiger partial charge in [-0.1, -0.05) is 0 Å². The summed E-state index contributed by atoms with van der Waals surface area (Å²) in [4.78, 5) is 11.1. The normalized spacial score (nSPS) is 11.4. The van der Waals surface area contributed by atoms with Crippen molar-refractivity contribution < 1.29 is 22.7 Å². The molecule has 2 N–H and O–H groups in total. The lowest BCUT2D eigenvalue weighted by molar-refractivity contribution is -0.173. The smallest absolute Gasteiger partial charge is 0.382 e. The van der Waals surface area contributed by atoms with Gasteiger partial charge in [0.2, 0.25) is 0 Å². The molecule has 0 saturated carbocycles. The Morgan fingerprint density at radius 3 is 2.65 bits per heavy atom. The molecule has 1 rings (SSSR count). The Morgan fingerprint density at radius 1 is 1.53 bits per heavy atom. The molecule has 94 valence electrons. The fourth-order valence-electron chi connectivity index (χ4n) is 1.21. The van der Waals surface area contributed by atoms with Crippen LogP contribution >= 0.6 is 15.9 Å². The van der Waals surface area contributed by atoms with Gasteiger partial charge in [0.05, 0.1) is 16.6 Å². The van der Waals surface area contributed by atoms with Gasteiger partial charge >= 0.3 is 11.9 Å². The average Bonchev–Trinajstić information content (AvgIpc) is 2.24. The van der Waals surface area contributed by atoms with Crippen LogP contribution in [0.5, 0.6) is 0 Å². The highest BCUT2D eigenvalue weighted by atomic mass is 79.9. The second-order valence-electron chi connectivity index (χ2n) is 3.12. The molecule has 0 heterocycles. The molecule has 0 bridgehead atoms. The van der Waals surface area contributed by atoms with Crippen LogP contribution in [0.4, 0.5) is 18.9 Å². The van der Waals surface area contributed by atoms with Crippen molar-refractivity contribution in [3.8, 4) is 0 Å². The summed E-state index contributed by atoms with van der Waals surface area (Å²) in [6.45, 7) is 1.14. The molecule has 0 atom stereocenters. The first kappa shape index (κ1) is 13.8. The van der Waals surface area contributed by atoms with E-state index in [1.165, 1.54) is 13.0 Å². The van der Waals surface area contributed by atoms with Crippen molar-refractivity contribution >= 4 is 27.6 Å². The zero-order valence-corrected chi connectivity index (χ0v) is 10.4. The number of nitrogen functional groups attached to an aromatic ring is 1. The summed E-state index contributed by atoms with van der Waals surface area (Å²) in [6, 6.07) is 2.25. The number of nitrogens with two attached hydrogens (primary N) is 1. The fourth-order valence-corrected chi connectivity index (χ4v) is 1.54. The quantitative estimate of drug-likeness (QED) is 0.690. The number of carbonyl (C=O) groups is 1. The number of anilines is 1.